The SMILES string of the molecule is CC(=O)Nc1ccc(S(=O)(=O)N[C@@H]2C[C@H]3CC[C@H]2C3)cc1Cl. The summed E-state index contributed by atoms with van der Waals surface area (Å²) in [6.07, 6.45) is 4.40. The highest BCUT2D eigenvalue weighted by atomic mass is 35.5. The first-order valence-electron chi connectivity index (χ1n) is 7.44. The molecule has 0 aliphatic heterocycles. The highest BCUT2D eigenvalue weighted by Gasteiger charge is 2.41. The van der Waals surface area contributed by atoms with E-state index in [2.05, 4.69) is 10.0 Å². The summed E-state index contributed by atoms with van der Waals surface area (Å²) in [5, 5.41) is 2.77. The maximum atomic E-state index is 12.5. The number of hydrogen-bond donors (Lipinski definition) is 2. The largest absolute Gasteiger partial charge is 0.325 e. The number of benzene rings is 1. The monoisotopic (exact) mass is 342 g/mol. The average molecular weight is 343 g/mol. The van der Waals surface area contributed by atoms with Crippen molar-refractivity contribution in [2.24, 2.45) is 11.8 Å². The Hall–Kier alpha value is -1.11. The van der Waals surface area contributed by atoms with Gasteiger partial charge in [-0.1, -0.05) is 18.0 Å². The third-order valence-corrected chi connectivity index (χ3v) is 6.41. The Morgan fingerprint density at radius 3 is 2.59 bits per heavy atom. The van der Waals surface area contributed by atoms with Gasteiger partial charge in [-0.15, -0.1) is 0 Å². The Bertz CT molecular complexity index is 705. The van der Waals surface area contributed by atoms with E-state index in [1.807, 2.05) is 0 Å². The Morgan fingerprint density at radius 2 is 2.05 bits per heavy atom. The van der Waals surface area contributed by atoms with Crippen LogP contribution in [0.2, 0.25) is 5.02 Å². The van der Waals surface area contributed by atoms with Crippen LogP contribution < -0.4 is 10.0 Å². The van der Waals surface area contributed by atoms with Crippen molar-refractivity contribution in [3.05, 3.63) is 23.2 Å². The Labute approximate surface area is 135 Å². The second-order valence-electron chi connectivity index (χ2n) is 6.23. The van der Waals surface area contributed by atoms with Crippen LogP contribution in [0.4, 0.5) is 5.69 Å². The number of halogens is 1. The summed E-state index contributed by atoms with van der Waals surface area (Å²) < 4.78 is 27.8. The van der Waals surface area contributed by atoms with Gasteiger partial charge < -0.3 is 5.32 Å². The minimum atomic E-state index is -3.58. The van der Waals surface area contributed by atoms with Crippen molar-refractivity contribution < 1.29 is 13.2 Å². The van der Waals surface area contributed by atoms with Crippen LogP contribution in [0.25, 0.3) is 0 Å². The molecule has 1 aromatic carbocycles. The van der Waals surface area contributed by atoms with E-state index >= 15 is 0 Å². The minimum Gasteiger partial charge on any atom is -0.325 e. The van der Waals surface area contributed by atoms with Gasteiger partial charge in [-0.2, -0.15) is 0 Å². The fourth-order valence-electron chi connectivity index (χ4n) is 3.61. The summed E-state index contributed by atoms with van der Waals surface area (Å²) in [6.45, 7) is 1.37. The van der Waals surface area contributed by atoms with Crippen LogP contribution in [0.3, 0.4) is 0 Å². The van der Waals surface area contributed by atoms with Crippen molar-refractivity contribution in [2.45, 2.75) is 43.5 Å². The van der Waals surface area contributed by atoms with Gasteiger partial charge in [-0.25, -0.2) is 13.1 Å². The fourth-order valence-corrected chi connectivity index (χ4v) is 5.25. The molecule has 0 radical (unpaired) electrons. The number of sulfonamides is 1. The van der Waals surface area contributed by atoms with Crippen LogP contribution in [-0.2, 0) is 14.8 Å². The second-order valence-corrected chi connectivity index (χ2v) is 8.35. The minimum absolute atomic E-state index is 0.0394. The smallest absolute Gasteiger partial charge is 0.240 e. The molecule has 0 saturated heterocycles. The van der Waals surface area contributed by atoms with E-state index in [1.165, 1.54) is 31.5 Å². The van der Waals surface area contributed by atoms with Gasteiger partial charge in [0.1, 0.15) is 0 Å². The molecule has 2 aliphatic rings. The number of hydrogen-bond acceptors (Lipinski definition) is 3. The van der Waals surface area contributed by atoms with Gasteiger partial charge in [0.15, 0.2) is 0 Å². The number of fused-ring (bicyclic) bond motifs is 2. The van der Waals surface area contributed by atoms with Crippen molar-refractivity contribution in [1.29, 1.82) is 0 Å². The van der Waals surface area contributed by atoms with Gasteiger partial charge in [0.2, 0.25) is 15.9 Å². The van der Waals surface area contributed by atoms with Crippen LogP contribution >= 0.6 is 11.6 Å². The predicted molar refractivity (Wildman–Crippen MR) is 85.3 cm³/mol. The number of carbonyl (C=O) groups is 1. The molecule has 7 heteroatoms. The van der Waals surface area contributed by atoms with Crippen LogP contribution in [0, 0.1) is 11.8 Å². The number of amides is 1. The van der Waals surface area contributed by atoms with Crippen LogP contribution in [0.1, 0.15) is 32.6 Å². The molecule has 1 amide bonds. The maximum Gasteiger partial charge on any atom is 0.240 e. The summed E-state index contributed by atoms with van der Waals surface area (Å²) >= 11 is 6.05. The molecular weight excluding hydrogens is 324 g/mol. The molecule has 2 aliphatic carbocycles. The third kappa shape index (κ3) is 3.14. The quantitative estimate of drug-likeness (QED) is 0.883. The molecule has 2 N–H and O–H groups in total. The van der Waals surface area contributed by atoms with Crippen molar-refractivity contribution in [3.63, 3.8) is 0 Å². The van der Waals surface area contributed by atoms with Gasteiger partial charge in [-0.05, 0) is 49.3 Å². The Balaban J connectivity index is 1.77. The van der Waals surface area contributed by atoms with Crippen molar-refractivity contribution >= 4 is 33.2 Å². The van der Waals surface area contributed by atoms with Crippen LogP contribution in [0.15, 0.2) is 23.1 Å². The number of nitrogens with one attached hydrogen (secondary N) is 2. The molecular formula is C15H19ClN2O3S. The molecule has 2 saturated carbocycles. The predicted octanol–water partition coefficient (Wildman–Crippen LogP) is 2.77. The van der Waals surface area contributed by atoms with Crippen molar-refractivity contribution in [2.75, 3.05) is 5.32 Å². The summed E-state index contributed by atoms with van der Waals surface area (Å²) in [5.41, 5.74) is 0.410. The Morgan fingerprint density at radius 1 is 1.27 bits per heavy atom. The molecule has 3 rings (SSSR count). The second kappa shape index (κ2) is 5.83. The van der Waals surface area contributed by atoms with Gasteiger partial charge in [0.05, 0.1) is 15.6 Å². The lowest BCUT2D eigenvalue weighted by molar-refractivity contribution is -0.114. The van der Waals surface area contributed by atoms with E-state index in [-0.39, 0.29) is 21.9 Å². The highest BCUT2D eigenvalue weighted by Crippen LogP contribution is 2.44. The molecule has 0 spiro atoms. The molecule has 0 heterocycles. The van der Waals surface area contributed by atoms with E-state index in [1.54, 1.807) is 0 Å². The zero-order valence-corrected chi connectivity index (χ0v) is 13.9. The number of anilines is 1. The van der Waals surface area contributed by atoms with E-state index in [9.17, 15) is 13.2 Å². The lowest BCUT2D eigenvalue weighted by Gasteiger charge is -2.22. The van der Waals surface area contributed by atoms with Crippen LogP contribution in [-0.4, -0.2) is 20.4 Å². The summed E-state index contributed by atoms with van der Waals surface area (Å²) in [7, 11) is -3.58. The average Bonchev–Trinajstić information content (AvgIpc) is 3.02. The van der Waals surface area contributed by atoms with Crippen LogP contribution in [0.5, 0.6) is 0 Å². The number of carbonyl (C=O) groups excluding carboxylic acids is 1. The van der Waals surface area contributed by atoms with E-state index in [0.717, 1.165) is 19.3 Å². The summed E-state index contributed by atoms with van der Waals surface area (Å²) in [6, 6.07) is 4.39. The van der Waals surface area contributed by atoms with E-state index in [4.69, 9.17) is 11.6 Å². The van der Waals surface area contributed by atoms with Crippen molar-refractivity contribution in [3.8, 4) is 0 Å². The first-order valence-corrected chi connectivity index (χ1v) is 9.31. The first kappa shape index (κ1) is 15.8. The zero-order chi connectivity index (χ0) is 15.9. The topological polar surface area (TPSA) is 75.3 Å². The normalized spacial score (nSPS) is 27.1. The van der Waals surface area contributed by atoms with Gasteiger partial charge in [0, 0.05) is 13.0 Å². The lowest BCUT2D eigenvalue weighted by Crippen LogP contribution is -2.38. The third-order valence-electron chi connectivity index (χ3n) is 4.61. The standard InChI is InChI=1S/C15H19ClN2O3S/c1-9(19)17-14-5-4-12(8-13(14)16)22(20,21)18-15-7-10-2-3-11(15)6-10/h4-5,8,10-11,15,18H,2-3,6-7H2,1H3,(H,17,19)/t10-,11-,15+/m0/s1. The first-order chi connectivity index (χ1) is 10.3. The van der Waals surface area contributed by atoms with Crippen molar-refractivity contribution in [1.82, 2.24) is 4.72 Å². The molecule has 3 atom stereocenters. The zero-order valence-electron chi connectivity index (χ0n) is 12.3. The lowest BCUT2D eigenvalue weighted by atomic mass is 9.96. The van der Waals surface area contributed by atoms with E-state index in [0.29, 0.717) is 17.5 Å². The highest BCUT2D eigenvalue weighted by molar-refractivity contribution is 7.89. The van der Waals surface area contributed by atoms with Gasteiger partial charge >= 0.3 is 0 Å². The van der Waals surface area contributed by atoms with E-state index < -0.39 is 10.0 Å². The molecule has 2 fully saturated rings. The molecule has 1 aromatic rings. The summed E-state index contributed by atoms with van der Waals surface area (Å²) in [5.74, 6) is 0.884. The van der Waals surface area contributed by atoms with Gasteiger partial charge in [0.25, 0.3) is 0 Å². The molecule has 0 unspecified atom stereocenters. The molecule has 120 valence electrons. The molecule has 2 bridgehead atoms. The van der Waals surface area contributed by atoms with Gasteiger partial charge in [-0.3, -0.25) is 4.79 Å². The maximum absolute atomic E-state index is 12.5. The molecule has 5 nitrogen and oxygen atoms in total. The Kier molecular flexibility index (Phi) is 4.18. The molecule has 0 aromatic heterocycles. The molecule has 22 heavy (non-hydrogen) atoms. The summed E-state index contributed by atoms with van der Waals surface area (Å²) in [4.78, 5) is 11.2. The fraction of sp³-hybridized carbons (Fsp3) is 0.533. The number of rotatable bonds is 4.